The Morgan fingerprint density at radius 3 is 2.59 bits per heavy atom. The fourth-order valence-corrected chi connectivity index (χ4v) is 3.48. The lowest BCUT2D eigenvalue weighted by molar-refractivity contribution is 0.0667. The van der Waals surface area contributed by atoms with Crippen LogP contribution in [0.1, 0.15) is 41.7 Å². The van der Waals surface area contributed by atoms with Crippen molar-refractivity contribution < 1.29 is 4.79 Å². The van der Waals surface area contributed by atoms with E-state index in [1.54, 1.807) is 6.20 Å². The molecular weight excluding hydrogens is 321 g/mol. The standard InChI is InChI=1S/C16H23N3O.2ClH/c1-12-4-2-9-18-15(12)16(20)19-10-6-13(7-11-19)14-5-3-8-17-14;;/h2,4,9,13-14,17H,3,5-8,10-11H2,1H3;2*1H. The van der Waals surface area contributed by atoms with Crippen LogP contribution in [0.15, 0.2) is 18.3 Å². The van der Waals surface area contributed by atoms with Crippen molar-refractivity contribution >= 4 is 30.7 Å². The van der Waals surface area contributed by atoms with Crippen LogP contribution in [0.2, 0.25) is 0 Å². The van der Waals surface area contributed by atoms with Crippen molar-refractivity contribution in [2.45, 2.75) is 38.6 Å². The van der Waals surface area contributed by atoms with Crippen LogP contribution < -0.4 is 5.32 Å². The van der Waals surface area contributed by atoms with Crippen LogP contribution in [0.25, 0.3) is 0 Å². The van der Waals surface area contributed by atoms with Gasteiger partial charge in [0.1, 0.15) is 5.69 Å². The maximum absolute atomic E-state index is 12.5. The van der Waals surface area contributed by atoms with Gasteiger partial charge in [0.05, 0.1) is 0 Å². The maximum Gasteiger partial charge on any atom is 0.272 e. The van der Waals surface area contributed by atoms with E-state index in [2.05, 4.69) is 10.3 Å². The van der Waals surface area contributed by atoms with Crippen LogP contribution in [0, 0.1) is 12.8 Å². The molecule has 0 bridgehead atoms. The van der Waals surface area contributed by atoms with Crippen LogP contribution in [0.5, 0.6) is 0 Å². The monoisotopic (exact) mass is 345 g/mol. The molecule has 1 aromatic rings. The number of halogens is 2. The third-order valence-electron chi connectivity index (χ3n) is 4.71. The lowest BCUT2D eigenvalue weighted by atomic mass is 9.88. The molecular formula is C16H25Cl2N3O. The molecule has 3 rings (SSSR count). The molecule has 1 unspecified atom stereocenters. The number of hydrogen-bond donors (Lipinski definition) is 1. The van der Waals surface area contributed by atoms with E-state index in [0.717, 1.165) is 44.0 Å². The molecule has 0 aromatic carbocycles. The summed E-state index contributed by atoms with van der Waals surface area (Å²) in [6.07, 6.45) is 6.55. The van der Waals surface area contributed by atoms with Crippen LogP contribution in [0.3, 0.4) is 0 Å². The summed E-state index contributed by atoms with van der Waals surface area (Å²) in [5.41, 5.74) is 1.59. The first kappa shape index (κ1) is 19.2. The highest BCUT2D eigenvalue weighted by molar-refractivity contribution is 5.93. The zero-order valence-corrected chi connectivity index (χ0v) is 14.6. The molecule has 1 amide bonds. The number of carbonyl (C=O) groups excluding carboxylic acids is 1. The number of piperidine rings is 1. The molecule has 0 saturated carbocycles. The second-order valence-corrected chi connectivity index (χ2v) is 6.00. The van der Waals surface area contributed by atoms with Gasteiger partial charge in [-0.2, -0.15) is 0 Å². The number of carbonyl (C=O) groups is 1. The molecule has 124 valence electrons. The van der Waals surface area contributed by atoms with Gasteiger partial charge in [0.15, 0.2) is 0 Å². The van der Waals surface area contributed by atoms with E-state index >= 15 is 0 Å². The van der Waals surface area contributed by atoms with E-state index in [9.17, 15) is 4.79 Å². The van der Waals surface area contributed by atoms with Gasteiger partial charge in [-0.3, -0.25) is 9.78 Å². The average molecular weight is 346 g/mol. The van der Waals surface area contributed by atoms with Gasteiger partial charge >= 0.3 is 0 Å². The van der Waals surface area contributed by atoms with E-state index < -0.39 is 0 Å². The molecule has 22 heavy (non-hydrogen) atoms. The van der Waals surface area contributed by atoms with E-state index in [1.165, 1.54) is 12.8 Å². The van der Waals surface area contributed by atoms with E-state index in [4.69, 9.17) is 0 Å². The molecule has 0 aliphatic carbocycles. The third kappa shape index (κ3) is 4.12. The summed E-state index contributed by atoms with van der Waals surface area (Å²) in [7, 11) is 0. The largest absolute Gasteiger partial charge is 0.337 e. The smallest absolute Gasteiger partial charge is 0.272 e. The lowest BCUT2D eigenvalue weighted by Gasteiger charge is -2.34. The number of nitrogens with one attached hydrogen (secondary N) is 1. The first-order valence-electron chi connectivity index (χ1n) is 7.70. The first-order chi connectivity index (χ1) is 9.75. The van der Waals surface area contributed by atoms with Gasteiger partial charge < -0.3 is 10.2 Å². The molecule has 6 heteroatoms. The topological polar surface area (TPSA) is 45.2 Å². The SMILES string of the molecule is Cc1cccnc1C(=O)N1CCC(C2CCCN2)CC1.Cl.Cl. The van der Waals surface area contributed by atoms with Crippen LogP contribution in [-0.2, 0) is 0 Å². The highest BCUT2D eigenvalue weighted by atomic mass is 35.5. The zero-order chi connectivity index (χ0) is 13.9. The number of likely N-dealkylation sites (tertiary alicyclic amines) is 1. The van der Waals surface area contributed by atoms with Crippen molar-refractivity contribution in [3.63, 3.8) is 0 Å². The number of rotatable bonds is 2. The molecule has 1 aromatic heterocycles. The number of pyridine rings is 1. The first-order valence-corrected chi connectivity index (χ1v) is 7.70. The van der Waals surface area contributed by atoms with E-state index in [-0.39, 0.29) is 30.7 Å². The molecule has 1 N–H and O–H groups in total. The van der Waals surface area contributed by atoms with Crippen LogP contribution in [-0.4, -0.2) is 41.5 Å². The highest BCUT2D eigenvalue weighted by Gasteiger charge is 2.30. The molecule has 0 radical (unpaired) electrons. The van der Waals surface area contributed by atoms with Crippen LogP contribution >= 0.6 is 24.8 Å². The van der Waals surface area contributed by atoms with Crippen LogP contribution in [0.4, 0.5) is 0 Å². The molecule has 3 heterocycles. The summed E-state index contributed by atoms with van der Waals surface area (Å²) in [6.45, 7) is 4.86. The van der Waals surface area contributed by atoms with Crippen molar-refractivity contribution in [2.24, 2.45) is 5.92 Å². The Morgan fingerprint density at radius 1 is 1.27 bits per heavy atom. The van der Waals surface area contributed by atoms with Gasteiger partial charge in [0.2, 0.25) is 0 Å². The maximum atomic E-state index is 12.5. The summed E-state index contributed by atoms with van der Waals surface area (Å²) < 4.78 is 0. The number of hydrogen-bond acceptors (Lipinski definition) is 3. The summed E-state index contributed by atoms with van der Waals surface area (Å²) in [4.78, 5) is 18.7. The molecule has 2 aliphatic heterocycles. The molecule has 2 aliphatic rings. The number of amides is 1. The van der Waals surface area contributed by atoms with Gasteiger partial charge in [-0.1, -0.05) is 6.07 Å². The van der Waals surface area contributed by atoms with Gasteiger partial charge in [0, 0.05) is 25.3 Å². The molecule has 1 atom stereocenters. The van der Waals surface area contributed by atoms with Crippen molar-refractivity contribution in [2.75, 3.05) is 19.6 Å². The predicted molar refractivity (Wildman–Crippen MR) is 93.1 cm³/mol. The minimum absolute atomic E-state index is 0. The van der Waals surface area contributed by atoms with E-state index in [0.29, 0.717) is 11.7 Å². The Balaban J connectivity index is 0.00000121. The van der Waals surface area contributed by atoms with Gasteiger partial charge in [-0.25, -0.2) is 0 Å². The number of aryl methyl sites for hydroxylation is 1. The summed E-state index contributed by atoms with van der Waals surface area (Å²) in [5.74, 6) is 0.840. The van der Waals surface area contributed by atoms with Crippen molar-refractivity contribution in [1.82, 2.24) is 15.2 Å². The Bertz CT molecular complexity index is 484. The lowest BCUT2D eigenvalue weighted by Crippen LogP contribution is -2.43. The van der Waals surface area contributed by atoms with E-state index in [1.807, 2.05) is 24.0 Å². The molecule has 0 spiro atoms. The van der Waals surface area contributed by atoms with Crippen molar-refractivity contribution in [3.05, 3.63) is 29.6 Å². The molecule has 4 nitrogen and oxygen atoms in total. The highest BCUT2D eigenvalue weighted by Crippen LogP contribution is 2.26. The fraction of sp³-hybridized carbons (Fsp3) is 0.625. The predicted octanol–water partition coefficient (Wildman–Crippen LogP) is 2.84. The second kappa shape index (κ2) is 8.70. The zero-order valence-electron chi connectivity index (χ0n) is 13.0. The minimum atomic E-state index is 0. The second-order valence-electron chi connectivity index (χ2n) is 6.00. The van der Waals surface area contributed by atoms with Gasteiger partial charge in [0.25, 0.3) is 5.91 Å². The number of aromatic nitrogens is 1. The number of nitrogens with zero attached hydrogens (tertiary/aromatic N) is 2. The summed E-state index contributed by atoms with van der Waals surface area (Å²) >= 11 is 0. The van der Waals surface area contributed by atoms with Gasteiger partial charge in [-0.05, 0) is 56.7 Å². The van der Waals surface area contributed by atoms with Crippen molar-refractivity contribution in [3.8, 4) is 0 Å². The Morgan fingerprint density at radius 2 is 2.00 bits per heavy atom. The van der Waals surface area contributed by atoms with Crippen molar-refractivity contribution in [1.29, 1.82) is 0 Å². The summed E-state index contributed by atoms with van der Waals surface area (Å²) in [5, 5.41) is 3.60. The fourth-order valence-electron chi connectivity index (χ4n) is 3.48. The normalized spacial score (nSPS) is 21.9. The average Bonchev–Trinajstić information content (AvgIpc) is 3.01. The third-order valence-corrected chi connectivity index (χ3v) is 4.71. The Kier molecular flexibility index (Phi) is 7.60. The molecule has 2 fully saturated rings. The molecule has 2 saturated heterocycles. The quantitative estimate of drug-likeness (QED) is 0.896. The van der Waals surface area contributed by atoms with Gasteiger partial charge in [-0.15, -0.1) is 24.8 Å². The minimum Gasteiger partial charge on any atom is -0.337 e. The Hall–Kier alpha value is -0.840. The summed E-state index contributed by atoms with van der Waals surface area (Å²) in [6, 6.07) is 4.52. The Labute approximate surface area is 144 Å².